The minimum atomic E-state index is -2.05. The summed E-state index contributed by atoms with van der Waals surface area (Å²) >= 11 is 9.53. The molecule has 0 aliphatic heterocycles. The average Bonchev–Trinajstić information content (AvgIpc) is 2.93. The second-order valence-corrected chi connectivity index (χ2v) is 13.9. The van der Waals surface area contributed by atoms with Gasteiger partial charge in [-0.25, -0.2) is 0 Å². The SMILES string of the molecule is C/C(=C\[P+](c1ccccc1)(c1ccccc1)c1ccccc1)Nc1c(C(C)C)cccc1C(C)C.ClCCl.O.[Br-]. The fourth-order valence-electron chi connectivity index (χ4n) is 4.88. The number of halogens is 3. The summed E-state index contributed by atoms with van der Waals surface area (Å²) in [5.74, 6) is 3.41. The largest absolute Gasteiger partial charge is 1.00 e. The third-order valence-electron chi connectivity index (χ3n) is 6.57. The maximum Gasteiger partial charge on any atom is 0.138 e. The Labute approximate surface area is 262 Å². The van der Waals surface area contributed by atoms with Crippen LogP contribution < -0.4 is 38.2 Å². The van der Waals surface area contributed by atoms with E-state index in [0.29, 0.717) is 11.8 Å². The summed E-state index contributed by atoms with van der Waals surface area (Å²) in [4.78, 5) is 0. The van der Waals surface area contributed by atoms with E-state index in [1.807, 2.05) is 0 Å². The zero-order valence-electron chi connectivity index (χ0n) is 23.9. The van der Waals surface area contributed by atoms with E-state index in [-0.39, 0.29) is 27.8 Å². The van der Waals surface area contributed by atoms with Crippen LogP contribution >= 0.6 is 30.5 Å². The Hall–Kier alpha value is -2.13. The molecular weight excluding hydrogens is 620 g/mol. The van der Waals surface area contributed by atoms with Gasteiger partial charge >= 0.3 is 0 Å². The van der Waals surface area contributed by atoms with Crippen molar-refractivity contribution in [1.82, 2.24) is 0 Å². The van der Waals surface area contributed by atoms with Crippen molar-refractivity contribution in [2.24, 2.45) is 0 Å². The second-order valence-electron chi connectivity index (χ2n) is 9.89. The van der Waals surface area contributed by atoms with Crippen molar-refractivity contribution in [1.29, 1.82) is 0 Å². The molecule has 4 rings (SSSR count). The van der Waals surface area contributed by atoms with Crippen LogP contribution in [-0.4, -0.2) is 10.8 Å². The predicted molar refractivity (Wildman–Crippen MR) is 177 cm³/mol. The van der Waals surface area contributed by atoms with Crippen molar-refractivity contribution < 1.29 is 22.5 Å². The normalized spacial score (nSPS) is 11.2. The van der Waals surface area contributed by atoms with Crippen LogP contribution in [0.5, 0.6) is 0 Å². The van der Waals surface area contributed by atoms with Crippen LogP contribution in [0.3, 0.4) is 0 Å². The predicted octanol–water partition coefficient (Wildman–Crippen LogP) is 5.80. The fourth-order valence-corrected chi connectivity index (χ4v) is 8.79. The lowest BCUT2D eigenvalue weighted by atomic mass is 9.92. The third kappa shape index (κ3) is 8.68. The molecule has 0 saturated carbocycles. The topological polar surface area (TPSA) is 43.5 Å². The number of alkyl halides is 2. The molecule has 0 aromatic heterocycles. The molecule has 214 valence electrons. The summed E-state index contributed by atoms with van der Waals surface area (Å²) < 4.78 is 0. The van der Waals surface area contributed by atoms with E-state index in [2.05, 4.69) is 155 Å². The van der Waals surface area contributed by atoms with Crippen molar-refractivity contribution in [3.63, 3.8) is 0 Å². The Morgan fingerprint density at radius 3 is 1.27 bits per heavy atom. The lowest BCUT2D eigenvalue weighted by molar-refractivity contribution is -0.00000892. The van der Waals surface area contributed by atoms with Crippen molar-refractivity contribution in [3.05, 3.63) is 132 Å². The summed E-state index contributed by atoms with van der Waals surface area (Å²) in [5.41, 5.74) is 5.18. The minimum Gasteiger partial charge on any atom is -1.00 e. The summed E-state index contributed by atoms with van der Waals surface area (Å²) in [5, 5.41) is 8.17. The maximum atomic E-state index is 4.76. The van der Waals surface area contributed by atoms with Crippen LogP contribution in [0.1, 0.15) is 57.6 Å². The fraction of sp³-hybridized carbons (Fsp3) is 0.235. The van der Waals surface area contributed by atoms with Gasteiger partial charge < -0.3 is 27.8 Å². The first-order chi connectivity index (χ1) is 18.3. The number of hydrogen-bond donors (Lipinski definition) is 1. The average molecular weight is 661 g/mol. The molecule has 2 nitrogen and oxygen atoms in total. The highest BCUT2D eigenvalue weighted by Gasteiger charge is 2.44. The highest BCUT2D eigenvalue weighted by Crippen LogP contribution is 2.57. The van der Waals surface area contributed by atoms with E-state index < -0.39 is 7.26 Å². The minimum absolute atomic E-state index is 0. The molecule has 0 unspecified atom stereocenters. The van der Waals surface area contributed by atoms with Crippen LogP contribution in [0.2, 0.25) is 0 Å². The zero-order chi connectivity index (χ0) is 27.5. The Balaban J connectivity index is 0.00000153. The molecule has 0 bridgehead atoms. The summed E-state index contributed by atoms with van der Waals surface area (Å²) in [6.45, 7) is 11.3. The number of rotatable bonds is 8. The molecule has 0 atom stereocenters. The summed E-state index contributed by atoms with van der Waals surface area (Å²) in [7, 11) is -2.05. The molecular formula is C34H41BrCl2NOP. The number of hydrogen-bond acceptors (Lipinski definition) is 1. The zero-order valence-corrected chi connectivity index (χ0v) is 27.9. The maximum absolute atomic E-state index is 4.76. The van der Waals surface area contributed by atoms with Gasteiger partial charge in [0.25, 0.3) is 0 Å². The van der Waals surface area contributed by atoms with Gasteiger partial charge in [0.1, 0.15) is 23.2 Å². The number of allylic oxidation sites excluding steroid dienone is 1. The van der Waals surface area contributed by atoms with Gasteiger partial charge in [-0.2, -0.15) is 0 Å². The van der Waals surface area contributed by atoms with Crippen LogP contribution in [0.25, 0.3) is 0 Å². The second kappa shape index (κ2) is 17.6. The van der Waals surface area contributed by atoms with Gasteiger partial charge in [-0.15, -0.1) is 23.2 Å². The molecule has 40 heavy (non-hydrogen) atoms. The summed E-state index contributed by atoms with van der Waals surface area (Å²) in [6, 6.07) is 39.8. The highest BCUT2D eigenvalue weighted by atomic mass is 79.9. The first kappa shape index (κ1) is 35.9. The standard InChI is InChI=1S/C33H37NP.CH2Cl2.BrH.H2O/c1-25(2)31-22-15-23-32(26(3)4)33(31)34-27(5)24-35(28-16-9-6-10-17-28,29-18-11-7-12-19-29)30-20-13-8-14-21-30;2-1-3;;/h6-26,34H,1-5H3;1H2;1H;1H2/q+1;;;/p-1/b27-24+;;;. The Kier molecular flexibility index (Phi) is 15.8. The van der Waals surface area contributed by atoms with Gasteiger partial charge in [0.05, 0.1) is 11.2 Å². The van der Waals surface area contributed by atoms with Crippen molar-refractivity contribution in [2.45, 2.75) is 46.5 Å². The lowest BCUT2D eigenvalue weighted by Crippen LogP contribution is -3.00. The molecule has 4 aromatic carbocycles. The van der Waals surface area contributed by atoms with Crippen LogP contribution in [0.4, 0.5) is 5.69 Å². The molecule has 0 aliphatic carbocycles. The summed E-state index contributed by atoms with van der Waals surface area (Å²) in [6.07, 6.45) is 0. The van der Waals surface area contributed by atoms with Gasteiger partial charge in [0.15, 0.2) is 0 Å². The number of para-hydroxylation sites is 1. The van der Waals surface area contributed by atoms with E-state index in [0.717, 1.165) is 0 Å². The lowest BCUT2D eigenvalue weighted by Gasteiger charge is -2.26. The number of anilines is 1. The monoisotopic (exact) mass is 659 g/mol. The van der Waals surface area contributed by atoms with Gasteiger partial charge in [-0.05, 0) is 66.3 Å². The van der Waals surface area contributed by atoms with Gasteiger partial charge in [-0.3, -0.25) is 0 Å². The van der Waals surface area contributed by atoms with Gasteiger partial charge in [-0.1, -0.05) is 100 Å². The smallest absolute Gasteiger partial charge is 0.138 e. The van der Waals surface area contributed by atoms with Crippen molar-refractivity contribution in [3.8, 4) is 0 Å². The Bertz CT molecular complexity index is 1180. The quantitative estimate of drug-likeness (QED) is 0.188. The molecule has 0 radical (unpaired) electrons. The first-order valence-corrected chi connectivity index (χ1v) is 16.0. The van der Waals surface area contributed by atoms with Crippen LogP contribution in [-0.2, 0) is 0 Å². The van der Waals surface area contributed by atoms with E-state index in [4.69, 9.17) is 23.2 Å². The van der Waals surface area contributed by atoms with E-state index >= 15 is 0 Å². The van der Waals surface area contributed by atoms with Gasteiger partial charge in [0, 0.05) is 11.4 Å². The van der Waals surface area contributed by atoms with Crippen LogP contribution in [0.15, 0.2) is 121 Å². The van der Waals surface area contributed by atoms with E-state index in [9.17, 15) is 0 Å². The molecule has 0 saturated heterocycles. The molecule has 0 amide bonds. The van der Waals surface area contributed by atoms with Crippen molar-refractivity contribution >= 4 is 52.1 Å². The van der Waals surface area contributed by atoms with Crippen molar-refractivity contribution in [2.75, 3.05) is 10.7 Å². The Morgan fingerprint density at radius 2 is 0.975 bits per heavy atom. The number of benzene rings is 4. The van der Waals surface area contributed by atoms with Gasteiger partial charge in [0.2, 0.25) is 0 Å². The first-order valence-electron chi connectivity index (χ1n) is 13.1. The van der Waals surface area contributed by atoms with Crippen LogP contribution in [0, 0.1) is 0 Å². The third-order valence-corrected chi connectivity index (χ3v) is 10.7. The molecule has 0 aliphatic rings. The molecule has 4 aromatic rings. The molecule has 0 heterocycles. The van der Waals surface area contributed by atoms with E-state index in [1.54, 1.807) is 0 Å². The Morgan fingerprint density at radius 1 is 0.650 bits per heavy atom. The molecule has 0 spiro atoms. The molecule has 3 N–H and O–H groups in total. The van der Waals surface area contributed by atoms with E-state index in [1.165, 1.54) is 38.4 Å². The highest BCUT2D eigenvalue weighted by molar-refractivity contribution is 7.98. The molecule has 6 heteroatoms. The molecule has 0 fully saturated rings. The number of nitrogens with one attached hydrogen (secondary N) is 1.